The van der Waals surface area contributed by atoms with E-state index in [1.165, 1.54) is 51.4 Å². The third kappa shape index (κ3) is 14.7. The van der Waals surface area contributed by atoms with Crippen molar-refractivity contribution in [1.29, 1.82) is 0 Å². The van der Waals surface area contributed by atoms with Gasteiger partial charge in [0.1, 0.15) is 6.61 Å². The summed E-state index contributed by atoms with van der Waals surface area (Å²) in [6, 6.07) is 0. The number of hydrogen-bond donors (Lipinski definition) is 1. The minimum atomic E-state index is -0.148. The van der Waals surface area contributed by atoms with Gasteiger partial charge in [-0.25, -0.2) is 0 Å². The highest BCUT2D eigenvalue weighted by Gasteiger charge is 2.32. The summed E-state index contributed by atoms with van der Waals surface area (Å²) in [5, 5.41) is 8.69. The van der Waals surface area contributed by atoms with Crippen molar-refractivity contribution in [2.75, 3.05) is 26.4 Å². The zero-order valence-electron chi connectivity index (χ0n) is 22.1. The number of aliphatic hydroxyl groups is 1. The van der Waals surface area contributed by atoms with Gasteiger partial charge in [0, 0.05) is 6.42 Å². The van der Waals surface area contributed by atoms with Gasteiger partial charge in [-0.3, -0.25) is 4.79 Å². The number of carbonyl (C=O) groups is 1. The molecule has 5 nitrogen and oxygen atoms in total. The molecule has 0 bridgehead atoms. The molecule has 2 aliphatic carbocycles. The van der Waals surface area contributed by atoms with Crippen molar-refractivity contribution in [3.05, 3.63) is 0 Å². The molecule has 206 valence electrons. The van der Waals surface area contributed by atoms with E-state index in [9.17, 15) is 4.79 Å². The summed E-state index contributed by atoms with van der Waals surface area (Å²) in [5.74, 6) is 1.19. The van der Waals surface area contributed by atoms with Gasteiger partial charge in [-0.1, -0.05) is 62.3 Å². The Morgan fingerprint density at radius 1 is 0.853 bits per heavy atom. The zero-order valence-corrected chi connectivity index (χ0v) is 22.1. The number of aliphatic hydroxyl groups excluding tert-OH is 1. The lowest BCUT2D eigenvalue weighted by atomic mass is 9.71. The van der Waals surface area contributed by atoms with Gasteiger partial charge < -0.3 is 19.3 Å². The Kier molecular flexibility index (Phi) is 18.5. The van der Waals surface area contributed by atoms with Crippen molar-refractivity contribution in [3.63, 3.8) is 0 Å². The highest BCUT2D eigenvalue weighted by atomic mass is 16.6. The molecule has 2 aliphatic rings. The van der Waals surface area contributed by atoms with Crippen LogP contribution in [0.2, 0.25) is 0 Å². The molecule has 2 saturated carbocycles. The van der Waals surface area contributed by atoms with Crippen LogP contribution in [-0.2, 0) is 19.0 Å². The van der Waals surface area contributed by atoms with Crippen molar-refractivity contribution in [3.8, 4) is 0 Å². The molecule has 0 aliphatic heterocycles. The average molecular weight is 489 g/mol. The van der Waals surface area contributed by atoms with E-state index in [0.717, 1.165) is 0 Å². The smallest absolute Gasteiger partial charge is 0.305 e. The number of ether oxygens (including phenoxy) is 3. The Morgan fingerprint density at radius 3 is 1.68 bits per heavy atom. The summed E-state index contributed by atoms with van der Waals surface area (Å²) in [4.78, 5) is 11.0. The third-order valence-corrected chi connectivity index (χ3v) is 7.30. The summed E-state index contributed by atoms with van der Waals surface area (Å²) in [6.45, 7) is 17.0. The first-order chi connectivity index (χ1) is 15.0. The standard InChI is InChI=1S/C15H28O3.C12H24O2.2CH4/c1-5-14(16)18-10-9-17-12(2)13-7-6-8-15(3,4)11-13;1-10(14-8-7-13)11-5-4-6-12(2,3)9-11;;/h12-13H,5-11H2,1-4H3;10-11,13H,4-9H2,1-3H3;2*1H4. The van der Waals surface area contributed by atoms with Crippen molar-refractivity contribution >= 4 is 5.97 Å². The maximum absolute atomic E-state index is 11.0. The molecule has 2 rings (SSSR count). The van der Waals surface area contributed by atoms with Gasteiger partial charge in [0.25, 0.3) is 0 Å². The van der Waals surface area contributed by atoms with E-state index in [-0.39, 0.29) is 33.5 Å². The number of hydrogen-bond acceptors (Lipinski definition) is 5. The van der Waals surface area contributed by atoms with Crippen LogP contribution >= 0.6 is 0 Å². The van der Waals surface area contributed by atoms with Crippen LogP contribution in [0.3, 0.4) is 0 Å². The summed E-state index contributed by atoms with van der Waals surface area (Å²) in [6.07, 6.45) is 11.4. The molecule has 0 aromatic heterocycles. The highest BCUT2D eigenvalue weighted by molar-refractivity contribution is 5.68. The third-order valence-electron chi connectivity index (χ3n) is 7.30. The van der Waals surface area contributed by atoms with Crippen LogP contribution in [0.4, 0.5) is 0 Å². The lowest BCUT2D eigenvalue weighted by Crippen LogP contribution is -2.31. The monoisotopic (exact) mass is 488 g/mol. The zero-order chi connectivity index (χ0) is 24.2. The quantitative estimate of drug-likeness (QED) is 0.256. The van der Waals surface area contributed by atoms with Crippen LogP contribution in [0.5, 0.6) is 0 Å². The van der Waals surface area contributed by atoms with Crippen LogP contribution in [0.25, 0.3) is 0 Å². The molecule has 0 aromatic carbocycles. The lowest BCUT2D eigenvalue weighted by molar-refractivity contribution is -0.145. The summed E-state index contributed by atoms with van der Waals surface area (Å²) < 4.78 is 16.4. The van der Waals surface area contributed by atoms with E-state index >= 15 is 0 Å². The lowest BCUT2D eigenvalue weighted by Gasteiger charge is -2.37. The minimum absolute atomic E-state index is 0. The summed E-state index contributed by atoms with van der Waals surface area (Å²) in [7, 11) is 0. The molecule has 1 N–H and O–H groups in total. The van der Waals surface area contributed by atoms with E-state index in [2.05, 4.69) is 41.5 Å². The Bertz CT molecular complexity index is 517. The first-order valence-electron chi connectivity index (χ1n) is 13.0. The van der Waals surface area contributed by atoms with Crippen LogP contribution in [0.1, 0.15) is 121 Å². The van der Waals surface area contributed by atoms with Crippen molar-refractivity contribution in [2.45, 2.75) is 133 Å². The maximum atomic E-state index is 11.0. The second-order valence-electron chi connectivity index (χ2n) is 11.5. The van der Waals surface area contributed by atoms with Gasteiger partial charge >= 0.3 is 5.97 Å². The summed E-state index contributed by atoms with van der Waals surface area (Å²) in [5.41, 5.74) is 0.939. The Hall–Kier alpha value is -0.650. The molecule has 0 heterocycles. The molecule has 34 heavy (non-hydrogen) atoms. The van der Waals surface area contributed by atoms with Gasteiger partial charge in [-0.2, -0.15) is 0 Å². The normalized spacial score (nSPS) is 24.8. The molecule has 0 spiro atoms. The van der Waals surface area contributed by atoms with Gasteiger partial charge in [0.2, 0.25) is 0 Å². The van der Waals surface area contributed by atoms with Crippen molar-refractivity contribution < 1.29 is 24.1 Å². The predicted octanol–water partition coefficient (Wildman–Crippen LogP) is 7.43. The van der Waals surface area contributed by atoms with Crippen molar-refractivity contribution in [1.82, 2.24) is 0 Å². The van der Waals surface area contributed by atoms with Gasteiger partial charge in [0.15, 0.2) is 0 Å². The molecule has 0 radical (unpaired) electrons. The summed E-state index contributed by atoms with van der Waals surface area (Å²) >= 11 is 0. The van der Waals surface area contributed by atoms with Gasteiger partial charge in [-0.05, 0) is 75.0 Å². The minimum Gasteiger partial charge on any atom is -0.463 e. The molecular formula is C29H60O5. The van der Waals surface area contributed by atoms with E-state index in [1.807, 2.05) is 0 Å². The fourth-order valence-electron chi connectivity index (χ4n) is 5.32. The number of carbonyl (C=O) groups excluding carboxylic acids is 1. The van der Waals surface area contributed by atoms with Gasteiger partial charge in [-0.15, -0.1) is 0 Å². The average Bonchev–Trinajstić information content (AvgIpc) is 2.73. The molecule has 4 atom stereocenters. The highest BCUT2D eigenvalue weighted by Crippen LogP contribution is 2.41. The predicted molar refractivity (Wildman–Crippen MR) is 144 cm³/mol. The molecule has 2 fully saturated rings. The SMILES string of the molecule is C.C.CC(OCCO)C1CCCC(C)(C)C1.CCC(=O)OCCOC(C)C1CCCC(C)(C)C1. The Morgan fingerprint density at radius 2 is 1.29 bits per heavy atom. The fraction of sp³-hybridized carbons (Fsp3) is 0.966. The first kappa shape index (κ1) is 35.5. The number of rotatable bonds is 10. The van der Waals surface area contributed by atoms with E-state index < -0.39 is 0 Å². The molecule has 0 saturated heterocycles. The van der Waals surface area contributed by atoms with Gasteiger partial charge in [0.05, 0.1) is 32.0 Å². The van der Waals surface area contributed by atoms with E-state index in [4.69, 9.17) is 19.3 Å². The van der Waals surface area contributed by atoms with Crippen LogP contribution < -0.4 is 0 Å². The van der Waals surface area contributed by atoms with E-state index in [0.29, 0.717) is 55.0 Å². The molecule has 0 aromatic rings. The van der Waals surface area contributed by atoms with Crippen LogP contribution in [0, 0.1) is 22.7 Å². The van der Waals surface area contributed by atoms with E-state index in [1.54, 1.807) is 6.92 Å². The largest absolute Gasteiger partial charge is 0.463 e. The molecular weight excluding hydrogens is 428 g/mol. The van der Waals surface area contributed by atoms with Crippen LogP contribution in [0.15, 0.2) is 0 Å². The molecule has 0 amide bonds. The second-order valence-corrected chi connectivity index (χ2v) is 11.5. The maximum Gasteiger partial charge on any atom is 0.305 e. The Labute approximate surface area is 212 Å². The molecule has 5 heteroatoms. The fourth-order valence-corrected chi connectivity index (χ4v) is 5.32. The molecule has 4 unspecified atom stereocenters. The Balaban J connectivity index is 0. The topological polar surface area (TPSA) is 65.0 Å². The first-order valence-corrected chi connectivity index (χ1v) is 13.0. The number of esters is 1. The van der Waals surface area contributed by atoms with Crippen LogP contribution in [-0.4, -0.2) is 49.7 Å². The second kappa shape index (κ2) is 17.7. The van der Waals surface area contributed by atoms with Crippen molar-refractivity contribution in [2.24, 2.45) is 22.7 Å².